The standard InChI is InChI=1S/C26H28N2O5S/c1-5-18-9-7-8-10-21(18)27-24(30)19-11-13-20(14-12-19)33-15-22(29)28-25-23(26(31)32-6-2)16(3)17(4)34-25/h7-14H,5-6,15H2,1-4H3,(H,27,30)(H,28,29). The van der Waals surface area contributed by atoms with Gasteiger partial charge in [0.1, 0.15) is 10.8 Å². The maximum Gasteiger partial charge on any atom is 0.341 e. The van der Waals surface area contributed by atoms with Crippen LogP contribution >= 0.6 is 11.3 Å². The molecule has 3 aromatic rings. The summed E-state index contributed by atoms with van der Waals surface area (Å²) in [7, 11) is 0. The van der Waals surface area contributed by atoms with Crippen molar-refractivity contribution in [2.75, 3.05) is 23.8 Å². The van der Waals surface area contributed by atoms with Crippen LogP contribution in [0.3, 0.4) is 0 Å². The van der Waals surface area contributed by atoms with Gasteiger partial charge in [0.15, 0.2) is 6.61 Å². The van der Waals surface area contributed by atoms with Crippen molar-refractivity contribution in [2.45, 2.75) is 34.1 Å². The van der Waals surface area contributed by atoms with Crippen LogP contribution in [0.1, 0.15) is 50.6 Å². The number of para-hydroxylation sites is 1. The van der Waals surface area contributed by atoms with Gasteiger partial charge in [0.2, 0.25) is 0 Å². The molecule has 1 aromatic heterocycles. The van der Waals surface area contributed by atoms with E-state index < -0.39 is 11.9 Å². The van der Waals surface area contributed by atoms with E-state index in [0.717, 1.165) is 28.1 Å². The van der Waals surface area contributed by atoms with Gasteiger partial charge in [-0.05, 0) is 68.7 Å². The number of hydrogen-bond donors (Lipinski definition) is 2. The van der Waals surface area contributed by atoms with Crippen molar-refractivity contribution in [3.63, 3.8) is 0 Å². The molecular weight excluding hydrogens is 452 g/mol. The minimum absolute atomic E-state index is 0.222. The smallest absolute Gasteiger partial charge is 0.341 e. The second kappa shape index (κ2) is 11.5. The van der Waals surface area contributed by atoms with Crippen molar-refractivity contribution in [1.82, 2.24) is 0 Å². The third-order valence-corrected chi connectivity index (χ3v) is 6.37. The van der Waals surface area contributed by atoms with Gasteiger partial charge in [0.05, 0.1) is 12.2 Å². The van der Waals surface area contributed by atoms with E-state index in [9.17, 15) is 14.4 Å². The van der Waals surface area contributed by atoms with Gasteiger partial charge in [-0.3, -0.25) is 9.59 Å². The number of hydrogen-bond acceptors (Lipinski definition) is 6. The Morgan fingerprint density at radius 3 is 2.32 bits per heavy atom. The molecule has 0 saturated heterocycles. The molecule has 0 spiro atoms. The predicted octanol–water partition coefficient (Wildman–Crippen LogP) is 5.37. The normalized spacial score (nSPS) is 10.5. The Balaban J connectivity index is 1.58. The van der Waals surface area contributed by atoms with E-state index in [1.807, 2.05) is 45.0 Å². The fourth-order valence-electron chi connectivity index (χ4n) is 3.32. The van der Waals surface area contributed by atoms with E-state index in [1.54, 1.807) is 31.2 Å². The zero-order valence-corrected chi connectivity index (χ0v) is 20.5. The molecule has 0 bridgehead atoms. The molecule has 3 rings (SSSR count). The first-order chi connectivity index (χ1) is 16.3. The van der Waals surface area contributed by atoms with Crippen molar-refractivity contribution in [2.24, 2.45) is 0 Å². The molecule has 2 aromatic carbocycles. The second-order valence-corrected chi connectivity index (χ2v) is 8.76. The molecule has 0 saturated carbocycles. The minimum Gasteiger partial charge on any atom is -0.484 e. The topological polar surface area (TPSA) is 93.7 Å². The highest BCUT2D eigenvalue weighted by atomic mass is 32.1. The summed E-state index contributed by atoms with van der Waals surface area (Å²) in [5.41, 5.74) is 3.48. The van der Waals surface area contributed by atoms with Crippen molar-refractivity contribution in [3.05, 3.63) is 75.7 Å². The van der Waals surface area contributed by atoms with Crippen molar-refractivity contribution in [1.29, 1.82) is 0 Å². The Morgan fingerprint density at radius 1 is 0.941 bits per heavy atom. The third kappa shape index (κ3) is 6.02. The molecule has 2 amide bonds. The number of carbonyl (C=O) groups excluding carboxylic acids is 3. The average molecular weight is 481 g/mol. The summed E-state index contributed by atoms with van der Waals surface area (Å²) in [5.74, 6) is -0.634. The molecule has 8 heteroatoms. The van der Waals surface area contributed by atoms with Crippen LogP contribution in [0.25, 0.3) is 0 Å². The quantitative estimate of drug-likeness (QED) is 0.402. The highest BCUT2D eigenvalue weighted by Gasteiger charge is 2.22. The molecule has 178 valence electrons. The lowest BCUT2D eigenvalue weighted by atomic mass is 10.1. The Morgan fingerprint density at radius 2 is 1.65 bits per heavy atom. The summed E-state index contributed by atoms with van der Waals surface area (Å²) >= 11 is 1.32. The van der Waals surface area contributed by atoms with Crippen LogP contribution in [0.2, 0.25) is 0 Å². The average Bonchev–Trinajstić information content (AvgIpc) is 3.11. The number of ether oxygens (including phenoxy) is 2. The Kier molecular flexibility index (Phi) is 8.43. The molecule has 0 radical (unpaired) electrons. The van der Waals surface area contributed by atoms with Crippen LogP contribution in [0, 0.1) is 13.8 Å². The van der Waals surface area contributed by atoms with E-state index >= 15 is 0 Å². The Labute approximate surface area is 203 Å². The first-order valence-corrected chi connectivity index (χ1v) is 11.8. The summed E-state index contributed by atoms with van der Waals surface area (Å²) in [5, 5.41) is 6.11. The largest absolute Gasteiger partial charge is 0.484 e. The fourth-order valence-corrected chi connectivity index (χ4v) is 4.39. The maximum absolute atomic E-state index is 12.6. The summed E-state index contributed by atoms with van der Waals surface area (Å²) in [6, 6.07) is 14.2. The number of amides is 2. The molecule has 7 nitrogen and oxygen atoms in total. The van der Waals surface area contributed by atoms with E-state index in [4.69, 9.17) is 9.47 Å². The molecule has 34 heavy (non-hydrogen) atoms. The van der Waals surface area contributed by atoms with Crippen molar-refractivity contribution in [3.8, 4) is 5.75 Å². The second-order valence-electron chi connectivity index (χ2n) is 7.53. The van der Waals surface area contributed by atoms with Crippen LogP contribution in [0.15, 0.2) is 48.5 Å². The van der Waals surface area contributed by atoms with Crippen LogP contribution in [-0.2, 0) is 16.0 Å². The van der Waals surface area contributed by atoms with E-state index in [2.05, 4.69) is 10.6 Å². The molecule has 0 aliphatic rings. The van der Waals surface area contributed by atoms with Crippen molar-refractivity contribution < 1.29 is 23.9 Å². The zero-order valence-electron chi connectivity index (χ0n) is 19.7. The molecule has 0 fully saturated rings. The van der Waals surface area contributed by atoms with Gasteiger partial charge in [0, 0.05) is 16.1 Å². The highest BCUT2D eigenvalue weighted by Crippen LogP contribution is 2.33. The lowest BCUT2D eigenvalue weighted by Gasteiger charge is -2.11. The number of aryl methyl sites for hydroxylation is 2. The van der Waals surface area contributed by atoms with Gasteiger partial charge in [-0.15, -0.1) is 11.3 Å². The zero-order chi connectivity index (χ0) is 24.7. The number of carbonyl (C=O) groups is 3. The van der Waals surface area contributed by atoms with Crippen molar-refractivity contribution >= 4 is 39.8 Å². The first kappa shape index (κ1) is 25.0. The van der Waals surface area contributed by atoms with Crippen LogP contribution in [0.4, 0.5) is 10.7 Å². The lowest BCUT2D eigenvalue weighted by Crippen LogP contribution is -2.21. The van der Waals surface area contributed by atoms with Crippen LogP contribution in [-0.4, -0.2) is 31.0 Å². The minimum atomic E-state index is -0.462. The van der Waals surface area contributed by atoms with E-state index in [-0.39, 0.29) is 19.1 Å². The predicted molar refractivity (Wildman–Crippen MR) is 134 cm³/mol. The van der Waals surface area contributed by atoms with Gasteiger partial charge in [-0.2, -0.15) is 0 Å². The van der Waals surface area contributed by atoms with Gasteiger partial charge < -0.3 is 20.1 Å². The molecular formula is C26H28N2O5S. The fraction of sp³-hybridized carbons (Fsp3) is 0.269. The van der Waals surface area contributed by atoms with Gasteiger partial charge in [-0.1, -0.05) is 25.1 Å². The molecule has 0 aliphatic carbocycles. The summed E-state index contributed by atoms with van der Waals surface area (Å²) in [6.07, 6.45) is 0.817. The number of thiophene rings is 1. The first-order valence-electron chi connectivity index (χ1n) is 11.0. The molecule has 1 heterocycles. The maximum atomic E-state index is 12.6. The summed E-state index contributed by atoms with van der Waals surface area (Å²) in [4.78, 5) is 38.2. The van der Waals surface area contributed by atoms with E-state index in [1.165, 1.54) is 11.3 Å². The SMILES string of the molecule is CCOC(=O)c1c(NC(=O)COc2ccc(C(=O)Nc3ccccc3CC)cc2)sc(C)c1C. The number of anilines is 2. The highest BCUT2D eigenvalue weighted by molar-refractivity contribution is 7.16. The van der Waals surface area contributed by atoms with Gasteiger partial charge >= 0.3 is 5.97 Å². The molecule has 0 aliphatic heterocycles. The molecule has 2 N–H and O–H groups in total. The van der Waals surface area contributed by atoms with Crippen LogP contribution in [0.5, 0.6) is 5.75 Å². The summed E-state index contributed by atoms with van der Waals surface area (Å²) < 4.78 is 10.7. The molecule has 0 atom stereocenters. The van der Waals surface area contributed by atoms with E-state index in [0.29, 0.717) is 21.9 Å². The number of nitrogens with one attached hydrogen (secondary N) is 2. The van der Waals surface area contributed by atoms with Gasteiger partial charge in [-0.25, -0.2) is 4.79 Å². The van der Waals surface area contributed by atoms with Crippen LogP contribution < -0.4 is 15.4 Å². The number of benzene rings is 2. The van der Waals surface area contributed by atoms with Gasteiger partial charge in [0.25, 0.3) is 11.8 Å². The Hall–Kier alpha value is -3.65. The summed E-state index contributed by atoms with van der Waals surface area (Å²) in [6.45, 7) is 7.48. The number of rotatable bonds is 9. The Bertz CT molecular complexity index is 1180. The number of esters is 1. The lowest BCUT2D eigenvalue weighted by molar-refractivity contribution is -0.118. The third-order valence-electron chi connectivity index (χ3n) is 5.25. The monoisotopic (exact) mass is 480 g/mol. The molecule has 0 unspecified atom stereocenters.